The SMILES string of the molecule is c1ccc(-c2ccc3c(c2)c2ccccc2n3-c2cc3c4c5c(cc(-n6c7ccccc7c7cc(-c8ccccc8)ccc76)cc5n(-c5ccccc5)c4c2)CC3)cc1. The van der Waals surface area contributed by atoms with Crippen molar-refractivity contribution in [1.29, 1.82) is 0 Å². The lowest BCUT2D eigenvalue weighted by Gasteiger charge is -2.18. The predicted octanol–water partition coefficient (Wildman–Crippen LogP) is 14.4. The van der Waals surface area contributed by atoms with Crippen LogP contribution in [0.1, 0.15) is 11.1 Å². The van der Waals surface area contributed by atoms with Crippen molar-refractivity contribution in [2.75, 3.05) is 0 Å². The van der Waals surface area contributed by atoms with Crippen LogP contribution < -0.4 is 0 Å². The number of hydrogen-bond donors (Lipinski definition) is 0. The number of aromatic nitrogens is 3. The summed E-state index contributed by atoms with van der Waals surface area (Å²) in [6.07, 6.45) is 1.97. The summed E-state index contributed by atoms with van der Waals surface area (Å²) in [5, 5.41) is 7.84. The van der Waals surface area contributed by atoms with E-state index in [0.29, 0.717) is 0 Å². The zero-order valence-corrected chi connectivity index (χ0v) is 32.3. The second kappa shape index (κ2) is 12.4. The number of rotatable bonds is 5. The molecule has 12 aromatic rings. The van der Waals surface area contributed by atoms with Gasteiger partial charge >= 0.3 is 0 Å². The molecule has 1 aliphatic rings. The van der Waals surface area contributed by atoms with Gasteiger partial charge in [0.2, 0.25) is 0 Å². The van der Waals surface area contributed by atoms with Gasteiger partial charge in [0.1, 0.15) is 0 Å². The lowest BCUT2D eigenvalue weighted by Crippen LogP contribution is -2.03. The Morgan fingerprint density at radius 3 is 1.12 bits per heavy atom. The van der Waals surface area contributed by atoms with Crippen LogP contribution in [-0.4, -0.2) is 13.7 Å². The summed E-state index contributed by atoms with van der Waals surface area (Å²) in [7, 11) is 0. The van der Waals surface area contributed by atoms with Crippen LogP contribution >= 0.6 is 0 Å². The Kier molecular flexibility index (Phi) is 6.84. The van der Waals surface area contributed by atoms with E-state index in [2.05, 4.69) is 214 Å². The van der Waals surface area contributed by atoms with Crippen molar-refractivity contribution in [1.82, 2.24) is 13.7 Å². The minimum Gasteiger partial charge on any atom is -0.309 e. The minimum atomic E-state index is 0.984. The first-order valence-corrected chi connectivity index (χ1v) is 20.6. The van der Waals surface area contributed by atoms with Gasteiger partial charge in [-0.1, -0.05) is 127 Å². The van der Waals surface area contributed by atoms with Gasteiger partial charge in [-0.2, -0.15) is 0 Å². The fourth-order valence-electron chi connectivity index (χ4n) is 10.3. The third-order valence-electron chi connectivity index (χ3n) is 12.9. The Balaban J connectivity index is 1.08. The van der Waals surface area contributed by atoms with Crippen molar-refractivity contribution in [2.45, 2.75) is 12.8 Å². The molecule has 3 heteroatoms. The molecule has 0 amide bonds. The third kappa shape index (κ3) is 4.76. The van der Waals surface area contributed by atoms with Gasteiger partial charge in [0.15, 0.2) is 0 Å². The zero-order valence-electron chi connectivity index (χ0n) is 32.3. The van der Waals surface area contributed by atoms with Gasteiger partial charge in [0.25, 0.3) is 0 Å². The maximum Gasteiger partial charge on any atom is 0.0564 e. The van der Waals surface area contributed by atoms with E-state index in [-0.39, 0.29) is 0 Å². The van der Waals surface area contributed by atoms with Crippen LogP contribution in [0.4, 0.5) is 0 Å². The molecule has 0 atom stereocenters. The second-order valence-corrected chi connectivity index (χ2v) is 16.1. The molecule has 0 spiro atoms. The molecule has 13 rings (SSSR count). The molecule has 9 aromatic carbocycles. The number of aryl methyl sites for hydroxylation is 2. The highest BCUT2D eigenvalue weighted by Gasteiger charge is 2.26. The van der Waals surface area contributed by atoms with Gasteiger partial charge in [-0.3, -0.25) is 0 Å². The molecule has 276 valence electrons. The van der Waals surface area contributed by atoms with Gasteiger partial charge in [-0.05, 0) is 119 Å². The number of para-hydroxylation sites is 3. The first-order valence-electron chi connectivity index (χ1n) is 20.6. The van der Waals surface area contributed by atoms with Crippen molar-refractivity contribution in [2.24, 2.45) is 0 Å². The molecule has 3 heterocycles. The molecular weight excluding hydrogens is 715 g/mol. The smallest absolute Gasteiger partial charge is 0.0564 e. The standard InChI is InChI=1S/C56H37N3/c1-4-14-36(15-5-1)38-26-28-51-47(32-38)45-20-10-12-22-49(45)58(51)43-30-40-24-25-41-31-44(35-54-56(41)55(40)53(34-43)57(54)42-18-8-3-9-19-42)59-50-23-13-11-21-46(50)48-33-39(27-29-52(48)59)37-16-6-2-7-17-37/h1-23,26-35H,24-25H2. The fraction of sp³-hybridized carbons (Fsp3) is 0.0357. The molecule has 0 saturated heterocycles. The highest BCUT2D eigenvalue weighted by Crippen LogP contribution is 2.45. The van der Waals surface area contributed by atoms with E-state index in [1.54, 1.807) is 0 Å². The van der Waals surface area contributed by atoms with Crippen LogP contribution in [0.25, 0.3) is 105 Å². The number of fused-ring (bicyclic) bond motifs is 6. The quantitative estimate of drug-likeness (QED) is 0.166. The summed E-state index contributed by atoms with van der Waals surface area (Å²) in [6, 6.07) is 74.0. The molecule has 3 nitrogen and oxygen atoms in total. The maximum absolute atomic E-state index is 2.53. The van der Waals surface area contributed by atoms with Crippen molar-refractivity contribution >= 4 is 65.4 Å². The Morgan fingerprint density at radius 2 is 0.644 bits per heavy atom. The van der Waals surface area contributed by atoms with Crippen molar-refractivity contribution in [3.05, 3.63) is 211 Å². The summed E-state index contributed by atoms with van der Waals surface area (Å²) in [4.78, 5) is 0. The maximum atomic E-state index is 2.53. The molecule has 0 unspecified atom stereocenters. The van der Waals surface area contributed by atoms with Crippen molar-refractivity contribution in [3.8, 4) is 39.3 Å². The van der Waals surface area contributed by atoms with E-state index < -0.39 is 0 Å². The summed E-state index contributed by atoms with van der Waals surface area (Å²) in [5.41, 5.74) is 18.7. The van der Waals surface area contributed by atoms with E-state index >= 15 is 0 Å². The fourth-order valence-corrected chi connectivity index (χ4v) is 10.3. The monoisotopic (exact) mass is 751 g/mol. The molecule has 59 heavy (non-hydrogen) atoms. The minimum absolute atomic E-state index is 0.984. The van der Waals surface area contributed by atoms with Gasteiger partial charge < -0.3 is 13.7 Å². The molecule has 0 bridgehead atoms. The zero-order chi connectivity index (χ0) is 38.6. The van der Waals surface area contributed by atoms with Crippen LogP contribution in [0.5, 0.6) is 0 Å². The molecule has 0 radical (unpaired) electrons. The summed E-state index contributed by atoms with van der Waals surface area (Å²) >= 11 is 0. The van der Waals surface area contributed by atoms with Gasteiger partial charge in [0, 0.05) is 49.4 Å². The van der Waals surface area contributed by atoms with Crippen molar-refractivity contribution < 1.29 is 0 Å². The normalized spacial score (nSPS) is 12.6. The summed E-state index contributed by atoms with van der Waals surface area (Å²) in [6.45, 7) is 0. The second-order valence-electron chi connectivity index (χ2n) is 16.1. The van der Waals surface area contributed by atoms with Gasteiger partial charge in [0.05, 0.1) is 33.1 Å². The number of benzene rings is 9. The average Bonchev–Trinajstić information content (AvgIpc) is 3.94. The summed E-state index contributed by atoms with van der Waals surface area (Å²) in [5.74, 6) is 0. The van der Waals surface area contributed by atoms with Crippen molar-refractivity contribution in [3.63, 3.8) is 0 Å². The Hall–Kier alpha value is -7.62. The highest BCUT2D eigenvalue weighted by molar-refractivity contribution is 6.16. The van der Waals surface area contributed by atoms with Gasteiger partial charge in [-0.15, -0.1) is 0 Å². The molecule has 0 aliphatic heterocycles. The average molecular weight is 752 g/mol. The van der Waals surface area contributed by atoms with Crippen LogP contribution in [0.15, 0.2) is 200 Å². The molecular formula is C56H37N3. The Labute approximate surface area is 341 Å². The summed E-state index contributed by atoms with van der Waals surface area (Å²) < 4.78 is 7.51. The van der Waals surface area contributed by atoms with Crippen LogP contribution in [0.2, 0.25) is 0 Å². The third-order valence-corrected chi connectivity index (χ3v) is 12.9. The Bertz CT molecular complexity index is 3420. The first kappa shape index (κ1) is 32.5. The lowest BCUT2D eigenvalue weighted by molar-refractivity contribution is 0.962. The predicted molar refractivity (Wildman–Crippen MR) is 248 cm³/mol. The lowest BCUT2D eigenvalue weighted by atomic mass is 9.90. The molecule has 0 saturated carbocycles. The number of hydrogen-bond acceptors (Lipinski definition) is 0. The van der Waals surface area contributed by atoms with Crippen LogP contribution in [-0.2, 0) is 12.8 Å². The van der Waals surface area contributed by atoms with Gasteiger partial charge in [-0.25, -0.2) is 0 Å². The molecule has 0 fully saturated rings. The van der Waals surface area contributed by atoms with E-state index in [1.165, 1.54) is 116 Å². The number of nitrogens with zero attached hydrogens (tertiary/aromatic N) is 3. The largest absolute Gasteiger partial charge is 0.309 e. The Morgan fingerprint density at radius 1 is 0.254 bits per heavy atom. The van der Waals surface area contributed by atoms with Crippen LogP contribution in [0.3, 0.4) is 0 Å². The highest BCUT2D eigenvalue weighted by atomic mass is 15.0. The topological polar surface area (TPSA) is 14.8 Å². The van der Waals surface area contributed by atoms with E-state index in [1.807, 2.05) is 0 Å². The first-order chi connectivity index (χ1) is 29.3. The van der Waals surface area contributed by atoms with Crippen LogP contribution in [0, 0.1) is 0 Å². The van der Waals surface area contributed by atoms with E-state index in [0.717, 1.165) is 12.8 Å². The molecule has 1 aliphatic carbocycles. The van der Waals surface area contributed by atoms with E-state index in [4.69, 9.17) is 0 Å². The molecule has 0 N–H and O–H groups in total. The van der Waals surface area contributed by atoms with E-state index in [9.17, 15) is 0 Å². The molecule has 3 aromatic heterocycles.